The molecule has 0 radical (unpaired) electrons. The van der Waals surface area contributed by atoms with Crippen LogP contribution in [0, 0.1) is 0 Å². The summed E-state index contributed by atoms with van der Waals surface area (Å²) in [5.74, 6) is 0.0125. The topological polar surface area (TPSA) is 61.0 Å². The number of fused-ring (bicyclic) bond motifs is 2. The van der Waals surface area contributed by atoms with Crippen LogP contribution in [0.5, 0.6) is 0 Å². The minimum absolute atomic E-state index is 0. The highest BCUT2D eigenvalue weighted by Crippen LogP contribution is 2.34. The molecule has 0 saturated heterocycles. The van der Waals surface area contributed by atoms with E-state index in [4.69, 9.17) is 0 Å². The van der Waals surface area contributed by atoms with Gasteiger partial charge >= 0.3 is 0 Å². The molecule has 0 bridgehead atoms. The molecule has 0 spiro atoms. The van der Waals surface area contributed by atoms with Gasteiger partial charge in [-0.15, -0.1) is 12.4 Å². The van der Waals surface area contributed by atoms with Gasteiger partial charge in [0.2, 0.25) is 0 Å². The highest BCUT2D eigenvalue weighted by atomic mass is 35.5. The second-order valence-corrected chi connectivity index (χ2v) is 7.76. The van der Waals surface area contributed by atoms with Crippen molar-refractivity contribution < 1.29 is 4.79 Å². The molecule has 2 aromatic rings. The summed E-state index contributed by atoms with van der Waals surface area (Å²) in [5.41, 5.74) is 6.44. The lowest BCUT2D eigenvalue weighted by atomic mass is 9.86. The first kappa shape index (κ1) is 18.0. The van der Waals surface area contributed by atoms with Crippen LogP contribution in [-0.2, 0) is 24.8 Å². The van der Waals surface area contributed by atoms with Crippen LogP contribution in [0.1, 0.15) is 53.6 Å². The van der Waals surface area contributed by atoms with Gasteiger partial charge in [-0.3, -0.25) is 9.89 Å². The van der Waals surface area contributed by atoms with Crippen LogP contribution in [0.15, 0.2) is 18.2 Å². The maximum Gasteiger partial charge on any atom is 0.279 e. The average molecular weight is 361 g/mol. The van der Waals surface area contributed by atoms with E-state index < -0.39 is 0 Å². The zero-order chi connectivity index (χ0) is 16.9. The Bertz CT molecular complexity index is 806. The lowest BCUT2D eigenvalue weighted by Crippen LogP contribution is -2.31. The molecule has 0 unspecified atom stereocenters. The monoisotopic (exact) mass is 360 g/mol. The molecule has 1 aromatic heterocycles. The smallest absolute Gasteiger partial charge is 0.279 e. The van der Waals surface area contributed by atoms with Gasteiger partial charge in [-0.25, -0.2) is 0 Å². The third-order valence-corrected chi connectivity index (χ3v) is 5.10. The Morgan fingerprint density at radius 1 is 1.24 bits per heavy atom. The average Bonchev–Trinajstić information content (AvgIpc) is 3.17. The molecule has 25 heavy (non-hydrogen) atoms. The fraction of sp³-hybridized carbons (Fsp3) is 0.474. The number of carbonyl (C=O) groups excluding carboxylic acids is 1. The number of hydrogen-bond donors (Lipinski definition) is 2. The van der Waals surface area contributed by atoms with Crippen LogP contribution >= 0.6 is 12.4 Å². The van der Waals surface area contributed by atoms with Crippen molar-refractivity contribution in [2.45, 2.75) is 45.6 Å². The summed E-state index contributed by atoms with van der Waals surface area (Å²) in [5, 5.41) is 10.7. The Morgan fingerprint density at radius 2 is 2.04 bits per heavy atom. The summed E-state index contributed by atoms with van der Waals surface area (Å²) < 4.78 is 0. The molecule has 4 rings (SSSR count). The highest BCUT2D eigenvalue weighted by Gasteiger charge is 2.31. The molecule has 5 nitrogen and oxygen atoms in total. The quantitative estimate of drug-likeness (QED) is 0.821. The predicted molar refractivity (Wildman–Crippen MR) is 102 cm³/mol. The zero-order valence-corrected chi connectivity index (χ0v) is 15.8. The molecule has 6 heteroatoms. The molecule has 0 fully saturated rings. The van der Waals surface area contributed by atoms with E-state index in [1.54, 1.807) is 0 Å². The van der Waals surface area contributed by atoms with Gasteiger partial charge in [-0.2, -0.15) is 5.10 Å². The maximum atomic E-state index is 13.0. The number of aromatic amines is 1. The van der Waals surface area contributed by atoms with E-state index in [2.05, 4.69) is 54.5 Å². The van der Waals surface area contributed by atoms with E-state index in [9.17, 15) is 4.79 Å². The summed E-state index contributed by atoms with van der Waals surface area (Å²) in [6.45, 7) is 9.04. The number of rotatable bonds is 1. The largest absolute Gasteiger partial charge is 0.312 e. The van der Waals surface area contributed by atoms with Crippen molar-refractivity contribution in [2.75, 3.05) is 18.0 Å². The normalized spacial score (nSPS) is 16.2. The number of hydrogen-bond acceptors (Lipinski definition) is 3. The molecule has 1 amide bonds. The molecular formula is C19H25ClN4O. The molecule has 0 aliphatic carbocycles. The molecule has 2 aliphatic rings. The fourth-order valence-electron chi connectivity index (χ4n) is 3.61. The fourth-order valence-corrected chi connectivity index (χ4v) is 3.61. The SMILES string of the molecule is CC(C)(C)c1ccc2c(c1)CCN2C(=O)c1n[nH]c2c1CNCC2.Cl. The lowest BCUT2D eigenvalue weighted by Gasteiger charge is -2.22. The summed E-state index contributed by atoms with van der Waals surface area (Å²) in [6, 6.07) is 6.49. The molecular weight excluding hydrogens is 336 g/mol. The molecule has 0 saturated carbocycles. The van der Waals surface area contributed by atoms with Gasteiger partial charge in [0.05, 0.1) is 0 Å². The standard InChI is InChI=1S/C19H24N4O.ClH/c1-19(2,3)13-4-5-16-12(10-13)7-9-23(16)18(24)17-14-11-20-8-6-15(14)21-22-17;/h4-5,10,20H,6-9,11H2,1-3H3,(H,21,22);1H. The Morgan fingerprint density at radius 3 is 2.80 bits per heavy atom. The number of anilines is 1. The van der Waals surface area contributed by atoms with Crippen molar-refractivity contribution in [3.05, 3.63) is 46.3 Å². The van der Waals surface area contributed by atoms with Crippen LogP contribution in [-0.4, -0.2) is 29.2 Å². The van der Waals surface area contributed by atoms with Crippen molar-refractivity contribution in [3.63, 3.8) is 0 Å². The van der Waals surface area contributed by atoms with E-state index in [1.165, 1.54) is 11.1 Å². The van der Waals surface area contributed by atoms with Gasteiger partial charge < -0.3 is 10.2 Å². The van der Waals surface area contributed by atoms with Crippen molar-refractivity contribution in [3.8, 4) is 0 Å². The van der Waals surface area contributed by atoms with Gasteiger partial charge in [0.1, 0.15) is 0 Å². The maximum absolute atomic E-state index is 13.0. The number of nitrogens with one attached hydrogen (secondary N) is 2. The number of amides is 1. The summed E-state index contributed by atoms with van der Waals surface area (Å²) in [6.07, 6.45) is 1.82. The summed E-state index contributed by atoms with van der Waals surface area (Å²) >= 11 is 0. The van der Waals surface area contributed by atoms with Crippen LogP contribution in [0.2, 0.25) is 0 Å². The summed E-state index contributed by atoms with van der Waals surface area (Å²) in [4.78, 5) is 14.9. The molecule has 0 atom stereocenters. The third kappa shape index (κ3) is 3.07. The second-order valence-electron chi connectivity index (χ2n) is 7.76. The summed E-state index contributed by atoms with van der Waals surface area (Å²) in [7, 11) is 0. The van der Waals surface area contributed by atoms with Gasteiger partial charge in [0.15, 0.2) is 5.69 Å². The third-order valence-electron chi connectivity index (χ3n) is 5.10. The molecule has 134 valence electrons. The second kappa shape index (κ2) is 6.46. The van der Waals surface area contributed by atoms with Gasteiger partial charge in [0, 0.05) is 43.0 Å². The minimum atomic E-state index is 0. The van der Waals surface area contributed by atoms with E-state index in [-0.39, 0.29) is 23.7 Å². The van der Waals surface area contributed by atoms with Crippen molar-refractivity contribution in [2.24, 2.45) is 0 Å². The Hall–Kier alpha value is -1.85. The Labute approximate surface area is 154 Å². The van der Waals surface area contributed by atoms with Crippen molar-refractivity contribution in [1.29, 1.82) is 0 Å². The molecule has 2 N–H and O–H groups in total. The molecule has 3 heterocycles. The Kier molecular flexibility index (Phi) is 4.64. The van der Waals surface area contributed by atoms with E-state index in [0.717, 1.165) is 49.4 Å². The number of carbonyl (C=O) groups is 1. The minimum Gasteiger partial charge on any atom is -0.312 e. The Balaban J connectivity index is 0.00000182. The van der Waals surface area contributed by atoms with E-state index >= 15 is 0 Å². The highest BCUT2D eigenvalue weighted by molar-refractivity contribution is 6.07. The number of aromatic nitrogens is 2. The van der Waals surface area contributed by atoms with E-state index in [0.29, 0.717) is 5.69 Å². The van der Waals surface area contributed by atoms with Gasteiger partial charge in [0.25, 0.3) is 5.91 Å². The van der Waals surface area contributed by atoms with Crippen LogP contribution in [0.25, 0.3) is 0 Å². The first-order valence-corrected chi connectivity index (χ1v) is 8.67. The molecule has 2 aliphatic heterocycles. The zero-order valence-electron chi connectivity index (χ0n) is 15.0. The number of halogens is 1. The lowest BCUT2D eigenvalue weighted by molar-refractivity contribution is 0.0983. The van der Waals surface area contributed by atoms with Gasteiger partial charge in [-0.1, -0.05) is 32.9 Å². The first-order valence-electron chi connectivity index (χ1n) is 8.67. The van der Waals surface area contributed by atoms with Crippen molar-refractivity contribution in [1.82, 2.24) is 15.5 Å². The van der Waals surface area contributed by atoms with Crippen LogP contribution in [0.3, 0.4) is 0 Å². The van der Waals surface area contributed by atoms with Gasteiger partial charge in [-0.05, 0) is 29.0 Å². The first-order chi connectivity index (χ1) is 11.4. The number of benzene rings is 1. The van der Waals surface area contributed by atoms with Crippen LogP contribution < -0.4 is 10.2 Å². The predicted octanol–water partition coefficient (Wildman–Crippen LogP) is 2.98. The van der Waals surface area contributed by atoms with Crippen LogP contribution in [0.4, 0.5) is 5.69 Å². The van der Waals surface area contributed by atoms with E-state index in [1.807, 2.05) is 4.90 Å². The number of nitrogens with zero attached hydrogens (tertiary/aromatic N) is 2. The van der Waals surface area contributed by atoms with Crippen molar-refractivity contribution >= 4 is 24.0 Å². The molecule has 1 aromatic carbocycles. The number of H-pyrrole nitrogens is 1.